The molecule has 0 aliphatic heterocycles. The molecule has 1 saturated carbocycles. The molecule has 0 unspecified atom stereocenters. The highest BCUT2D eigenvalue weighted by Crippen LogP contribution is 2.21. The lowest BCUT2D eigenvalue weighted by Gasteiger charge is -2.30. The molecular formula is C13H20N2O. The number of pyridine rings is 1. The molecule has 1 heterocycles. The maximum atomic E-state index is 9.88. The van der Waals surface area contributed by atoms with Gasteiger partial charge >= 0.3 is 0 Å². The Balaban J connectivity index is 1.94. The molecule has 3 heteroatoms. The van der Waals surface area contributed by atoms with Gasteiger partial charge in [0.25, 0.3) is 0 Å². The Morgan fingerprint density at radius 3 is 2.88 bits per heavy atom. The van der Waals surface area contributed by atoms with E-state index in [4.69, 9.17) is 0 Å². The van der Waals surface area contributed by atoms with Crippen molar-refractivity contribution >= 4 is 0 Å². The van der Waals surface area contributed by atoms with E-state index < -0.39 is 0 Å². The van der Waals surface area contributed by atoms with Crippen LogP contribution < -0.4 is 5.32 Å². The van der Waals surface area contributed by atoms with Crippen LogP contribution in [0.1, 0.15) is 44.3 Å². The average Bonchev–Trinajstić information content (AvgIpc) is 2.33. The van der Waals surface area contributed by atoms with Crippen molar-refractivity contribution in [3.63, 3.8) is 0 Å². The maximum Gasteiger partial charge on any atom is 0.0693 e. The van der Waals surface area contributed by atoms with Crippen molar-refractivity contribution < 1.29 is 5.11 Å². The summed E-state index contributed by atoms with van der Waals surface area (Å²) >= 11 is 0. The highest BCUT2D eigenvalue weighted by molar-refractivity contribution is 5.08. The van der Waals surface area contributed by atoms with Crippen molar-refractivity contribution in [1.82, 2.24) is 10.3 Å². The normalized spacial score (nSPS) is 27.6. The van der Waals surface area contributed by atoms with E-state index in [1.807, 2.05) is 24.4 Å². The fraction of sp³-hybridized carbons (Fsp3) is 0.615. The molecule has 1 aliphatic carbocycles. The Bertz CT molecular complexity index is 315. The highest BCUT2D eigenvalue weighted by Gasteiger charge is 2.24. The van der Waals surface area contributed by atoms with Gasteiger partial charge in [0.05, 0.1) is 11.8 Å². The smallest absolute Gasteiger partial charge is 0.0693 e. The number of hydrogen-bond donors (Lipinski definition) is 2. The molecule has 0 spiro atoms. The van der Waals surface area contributed by atoms with Crippen LogP contribution in [0.4, 0.5) is 0 Å². The highest BCUT2D eigenvalue weighted by atomic mass is 16.3. The lowest BCUT2D eigenvalue weighted by atomic mass is 9.92. The monoisotopic (exact) mass is 220 g/mol. The van der Waals surface area contributed by atoms with Crippen molar-refractivity contribution in [2.24, 2.45) is 0 Å². The van der Waals surface area contributed by atoms with E-state index in [0.29, 0.717) is 0 Å². The predicted molar refractivity (Wildman–Crippen MR) is 64.1 cm³/mol. The van der Waals surface area contributed by atoms with E-state index >= 15 is 0 Å². The SMILES string of the molecule is C[C@H](N[C@@H]1CCCC[C@H]1O)c1ccccn1. The molecular weight excluding hydrogens is 200 g/mol. The minimum absolute atomic E-state index is 0.195. The molecule has 2 N–H and O–H groups in total. The molecule has 0 aromatic carbocycles. The second-order valence-corrected chi connectivity index (χ2v) is 4.60. The predicted octanol–water partition coefficient (Wildman–Crippen LogP) is 2.04. The zero-order valence-electron chi connectivity index (χ0n) is 9.76. The number of aliphatic hydroxyl groups is 1. The summed E-state index contributed by atoms with van der Waals surface area (Å²) in [6.07, 6.45) is 5.97. The van der Waals surface area contributed by atoms with Crippen molar-refractivity contribution in [2.45, 2.75) is 50.8 Å². The molecule has 0 amide bonds. The summed E-state index contributed by atoms with van der Waals surface area (Å²) in [5.74, 6) is 0. The number of rotatable bonds is 3. The molecule has 1 aromatic rings. The van der Waals surface area contributed by atoms with Gasteiger partial charge in [0.15, 0.2) is 0 Å². The van der Waals surface area contributed by atoms with Gasteiger partial charge < -0.3 is 10.4 Å². The fourth-order valence-electron chi connectivity index (χ4n) is 2.34. The van der Waals surface area contributed by atoms with Crippen LogP contribution in [-0.2, 0) is 0 Å². The first kappa shape index (κ1) is 11.6. The quantitative estimate of drug-likeness (QED) is 0.819. The van der Waals surface area contributed by atoms with Gasteiger partial charge in [0.1, 0.15) is 0 Å². The van der Waals surface area contributed by atoms with Crippen LogP contribution >= 0.6 is 0 Å². The third-order valence-electron chi connectivity index (χ3n) is 3.32. The van der Waals surface area contributed by atoms with E-state index in [-0.39, 0.29) is 18.2 Å². The second kappa shape index (κ2) is 5.41. The molecule has 1 aromatic heterocycles. The van der Waals surface area contributed by atoms with Crippen molar-refractivity contribution in [1.29, 1.82) is 0 Å². The van der Waals surface area contributed by atoms with Gasteiger partial charge in [0, 0.05) is 18.3 Å². The summed E-state index contributed by atoms with van der Waals surface area (Å²) in [4.78, 5) is 4.33. The number of aliphatic hydroxyl groups excluding tert-OH is 1. The van der Waals surface area contributed by atoms with Crippen LogP contribution in [0, 0.1) is 0 Å². The third-order valence-corrected chi connectivity index (χ3v) is 3.32. The first-order valence-corrected chi connectivity index (χ1v) is 6.12. The van der Waals surface area contributed by atoms with Crippen LogP contribution in [0.5, 0.6) is 0 Å². The maximum absolute atomic E-state index is 9.88. The lowest BCUT2D eigenvalue weighted by Crippen LogP contribution is -2.43. The van der Waals surface area contributed by atoms with Gasteiger partial charge in [-0.15, -0.1) is 0 Å². The molecule has 0 bridgehead atoms. The number of aromatic nitrogens is 1. The van der Waals surface area contributed by atoms with Crippen LogP contribution in [-0.4, -0.2) is 22.2 Å². The lowest BCUT2D eigenvalue weighted by molar-refractivity contribution is 0.0857. The van der Waals surface area contributed by atoms with E-state index in [1.165, 1.54) is 6.42 Å². The third kappa shape index (κ3) is 2.80. The zero-order chi connectivity index (χ0) is 11.4. The number of nitrogens with zero attached hydrogens (tertiary/aromatic N) is 1. The Morgan fingerprint density at radius 2 is 2.19 bits per heavy atom. The summed E-state index contributed by atoms with van der Waals surface area (Å²) in [5.41, 5.74) is 1.04. The van der Waals surface area contributed by atoms with E-state index in [0.717, 1.165) is 25.0 Å². The Kier molecular flexibility index (Phi) is 3.91. The molecule has 0 saturated heterocycles. The fourth-order valence-corrected chi connectivity index (χ4v) is 2.34. The van der Waals surface area contributed by atoms with Gasteiger partial charge in [-0.3, -0.25) is 4.98 Å². The van der Waals surface area contributed by atoms with E-state index in [2.05, 4.69) is 17.2 Å². The molecule has 16 heavy (non-hydrogen) atoms. The van der Waals surface area contributed by atoms with Gasteiger partial charge in [-0.25, -0.2) is 0 Å². The zero-order valence-corrected chi connectivity index (χ0v) is 9.76. The molecule has 3 atom stereocenters. The van der Waals surface area contributed by atoms with Crippen LogP contribution in [0.2, 0.25) is 0 Å². The Labute approximate surface area is 96.9 Å². The van der Waals surface area contributed by atoms with Gasteiger partial charge in [0.2, 0.25) is 0 Å². The van der Waals surface area contributed by atoms with Crippen LogP contribution in [0.3, 0.4) is 0 Å². The minimum atomic E-state index is -0.195. The molecule has 1 fully saturated rings. The van der Waals surface area contributed by atoms with E-state index in [1.54, 1.807) is 0 Å². The summed E-state index contributed by atoms with van der Waals surface area (Å²) < 4.78 is 0. The first-order valence-electron chi connectivity index (χ1n) is 6.12. The Hall–Kier alpha value is -0.930. The van der Waals surface area contributed by atoms with E-state index in [9.17, 15) is 5.11 Å². The second-order valence-electron chi connectivity index (χ2n) is 4.60. The van der Waals surface area contributed by atoms with Crippen LogP contribution in [0.25, 0.3) is 0 Å². The topological polar surface area (TPSA) is 45.1 Å². The van der Waals surface area contributed by atoms with Gasteiger partial charge in [-0.1, -0.05) is 18.9 Å². The molecule has 88 valence electrons. The van der Waals surface area contributed by atoms with Gasteiger partial charge in [-0.2, -0.15) is 0 Å². The minimum Gasteiger partial charge on any atom is -0.392 e. The summed E-state index contributed by atoms with van der Waals surface area (Å²) in [6, 6.07) is 6.38. The van der Waals surface area contributed by atoms with Gasteiger partial charge in [-0.05, 0) is 31.9 Å². The molecule has 0 radical (unpaired) electrons. The van der Waals surface area contributed by atoms with Crippen molar-refractivity contribution in [2.75, 3.05) is 0 Å². The number of nitrogens with one attached hydrogen (secondary N) is 1. The Morgan fingerprint density at radius 1 is 1.38 bits per heavy atom. The van der Waals surface area contributed by atoms with Crippen molar-refractivity contribution in [3.05, 3.63) is 30.1 Å². The van der Waals surface area contributed by atoms with Crippen molar-refractivity contribution in [3.8, 4) is 0 Å². The first-order chi connectivity index (χ1) is 7.77. The standard InChI is InChI=1S/C13H20N2O/c1-10(11-6-4-5-9-14-11)15-12-7-2-3-8-13(12)16/h4-6,9-10,12-13,15-16H,2-3,7-8H2,1H3/t10-,12+,13+/m0/s1. The summed E-state index contributed by atoms with van der Waals surface area (Å²) in [7, 11) is 0. The largest absolute Gasteiger partial charge is 0.392 e. The molecule has 2 rings (SSSR count). The molecule has 3 nitrogen and oxygen atoms in total. The summed E-state index contributed by atoms with van der Waals surface area (Å²) in [6.45, 7) is 2.10. The average molecular weight is 220 g/mol. The number of hydrogen-bond acceptors (Lipinski definition) is 3. The van der Waals surface area contributed by atoms with Crippen LogP contribution in [0.15, 0.2) is 24.4 Å². The summed E-state index contributed by atoms with van der Waals surface area (Å²) in [5, 5.41) is 13.4. The molecule has 1 aliphatic rings.